The van der Waals surface area contributed by atoms with Crippen molar-refractivity contribution in [1.29, 1.82) is 0 Å². The first-order chi connectivity index (χ1) is 8.68. The van der Waals surface area contributed by atoms with Crippen molar-refractivity contribution in [2.24, 2.45) is 17.3 Å². The summed E-state index contributed by atoms with van der Waals surface area (Å²) >= 11 is 0. The molecule has 2 saturated carbocycles. The van der Waals surface area contributed by atoms with Crippen LogP contribution < -0.4 is 0 Å². The molecular weight excluding hydrogens is 220 g/mol. The maximum atomic E-state index is 9.07. The standard InChI is InChI=1S/C13H22O.2C2H6/c1-10-4-3-8-13(2)11(7-9-14)5-6-12(10)13;2*1-2/h11-12,14H,1,3-9H2,2H3;2*1-2H3/t11?,12?,13-;;/m1../s1. The predicted molar refractivity (Wildman–Crippen MR) is 81.7 cm³/mol. The fourth-order valence-corrected chi connectivity index (χ4v) is 3.86. The molecule has 3 atom stereocenters. The third-order valence-electron chi connectivity index (χ3n) is 4.72. The smallest absolute Gasteiger partial charge is 0.0433 e. The van der Waals surface area contributed by atoms with Gasteiger partial charge in [-0.2, -0.15) is 0 Å². The second-order valence-electron chi connectivity index (χ2n) is 5.36. The molecule has 0 saturated heterocycles. The molecule has 0 bridgehead atoms. The zero-order valence-electron chi connectivity index (χ0n) is 13.3. The molecule has 2 fully saturated rings. The van der Waals surface area contributed by atoms with E-state index in [-0.39, 0.29) is 0 Å². The van der Waals surface area contributed by atoms with Gasteiger partial charge in [0.25, 0.3) is 0 Å². The molecule has 2 unspecified atom stereocenters. The van der Waals surface area contributed by atoms with E-state index >= 15 is 0 Å². The van der Waals surface area contributed by atoms with Gasteiger partial charge in [0.15, 0.2) is 0 Å². The number of aliphatic hydroxyl groups is 1. The van der Waals surface area contributed by atoms with Crippen molar-refractivity contribution in [3.05, 3.63) is 12.2 Å². The van der Waals surface area contributed by atoms with E-state index in [0.29, 0.717) is 12.0 Å². The zero-order chi connectivity index (χ0) is 14.2. The molecule has 1 N–H and O–H groups in total. The van der Waals surface area contributed by atoms with Crippen LogP contribution >= 0.6 is 0 Å². The summed E-state index contributed by atoms with van der Waals surface area (Å²) < 4.78 is 0. The molecule has 2 aliphatic carbocycles. The van der Waals surface area contributed by atoms with E-state index in [1.54, 1.807) is 0 Å². The van der Waals surface area contributed by atoms with Crippen LogP contribution in [0.5, 0.6) is 0 Å². The monoisotopic (exact) mass is 254 g/mol. The normalized spacial score (nSPS) is 33.8. The van der Waals surface area contributed by atoms with Gasteiger partial charge in [-0.25, -0.2) is 0 Å². The fourth-order valence-electron chi connectivity index (χ4n) is 3.86. The maximum Gasteiger partial charge on any atom is 0.0433 e. The average molecular weight is 254 g/mol. The van der Waals surface area contributed by atoms with Crippen molar-refractivity contribution in [2.45, 2.75) is 73.1 Å². The molecule has 0 aromatic heterocycles. The highest BCUT2D eigenvalue weighted by atomic mass is 16.3. The fraction of sp³-hybridized carbons (Fsp3) is 0.882. The summed E-state index contributed by atoms with van der Waals surface area (Å²) in [6.45, 7) is 15.0. The van der Waals surface area contributed by atoms with E-state index < -0.39 is 0 Å². The van der Waals surface area contributed by atoms with Crippen LogP contribution in [-0.4, -0.2) is 11.7 Å². The summed E-state index contributed by atoms with van der Waals surface area (Å²) in [6, 6.07) is 0. The van der Waals surface area contributed by atoms with Crippen molar-refractivity contribution in [2.75, 3.05) is 6.61 Å². The van der Waals surface area contributed by atoms with E-state index in [1.807, 2.05) is 27.7 Å². The van der Waals surface area contributed by atoms with E-state index in [0.717, 1.165) is 18.3 Å². The van der Waals surface area contributed by atoms with Crippen molar-refractivity contribution in [3.8, 4) is 0 Å². The maximum absolute atomic E-state index is 9.07. The lowest BCUT2D eigenvalue weighted by Gasteiger charge is -2.42. The third kappa shape index (κ3) is 3.60. The van der Waals surface area contributed by atoms with Crippen molar-refractivity contribution < 1.29 is 5.11 Å². The quantitative estimate of drug-likeness (QED) is 0.672. The van der Waals surface area contributed by atoms with Gasteiger partial charge in [0.05, 0.1) is 0 Å². The van der Waals surface area contributed by atoms with Gasteiger partial charge < -0.3 is 5.11 Å². The molecule has 2 aliphatic rings. The molecule has 0 aromatic rings. The molecule has 108 valence electrons. The molecule has 1 nitrogen and oxygen atoms in total. The van der Waals surface area contributed by atoms with Gasteiger partial charge in [0.1, 0.15) is 0 Å². The second kappa shape index (κ2) is 8.74. The minimum Gasteiger partial charge on any atom is -0.396 e. The topological polar surface area (TPSA) is 20.2 Å². The lowest BCUT2D eigenvalue weighted by atomic mass is 9.63. The summed E-state index contributed by atoms with van der Waals surface area (Å²) in [5.41, 5.74) is 1.96. The minimum absolute atomic E-state index is 0.361. The zero-order valence-corrected chi connectivity index (χ0v) is 13.3. The van der Waals surface area contributed by atoms with Crippen molar-refractivity contribution in [1.82, 2.24) is 0 Å². The molecule has 2 rings (SSSR count). The van der Waals surface area contributed by atoms with Gasteiger partial charge in [-0.3, -0.25) is 0 Å². The number of hydrogen-bond donors (Lipinski definition) is 1. The van der Waals surface area contributed by atoms with Gasteiger partial charge in [0, 0.05) is 6.61 Å². The van der Waals surface area contributed by atoms with E-state index in [1.165, 1.54) is 37.7 Å². The van der Waals surface area contributed by atoms with Crippen LogP contribution in [0.3, 0.4) is 0 Å². The number of allylic oxidation sites excluding steroid dienone is 1. The summed E-state index contributed by atoms with van der Waals surface area (Å²) in [7, 11) is 0. The summed E-state index contributed by atoms with van der Waals surface area (Å²) in [6.07, 6.45) is 7.53. The Bertz CT molecular complexity index is 234. The Hall–Kier alpha value is -0.300. The van der Waals surface area contributed by atoms with Crippen LogP contribution in [0.25, 0.3) is 0 Å². The van der Waals surface area contributed by atoms with Crippen molar-refractivity contribution in [3.63, 3.8) is 0 Å². The van der Waals surface area contributed by atoms with E-state index in [2.05, 4.69) is 13.5 Å². The Morgan fingerprint density at radius 2 is 1.83 bits per heavy atom. The Labute approximate surface area is 115 Å². The second-order valence-corrected chi connectivity index (χ2v) is 5.36. The summed E-state index contributed by atoms with van der Waals surface area (Å²) in [4.78, 5) is 0. The van der Waals surface area contributed by atoms with Crippen molar-refractivity contribution >= 4 is 0 Å². The van der Waals surface area contributed by atoms with Crippen LogP contribution in [0.15, 0.2) is 12.2 Å². The Morgan fingerprint density at radius 3 is 2.39 bits per heavy atom. The Balaban J connectivity index is 0.000000659. The molecule has 0 aliphatic heterocycles. The summed E-state index contributed by atoms with van der Waals surface area (Å²) in [5.74, 6) is 1.50. The highest BCUT2D eigenvalue weighted by Gasteiger charge is 2.48. The SMILES string of the molecule is C=C1CCC[C@]2(C)C(CCO)CCC12.CC.CC. The summed E-state index contributed by atoms with van der Waals surface area (Å²) in [5, 5.41) is 9.07. The van der Waals surface area contributed by atoms with Gasteiger partial charge in [0.2, 0.25) is 0 Å². The lowest BCUT2D eigenvalue weighted by Crippen LogP contribution is -2.33. The number of rotatable bonds is 2. The van der Waals surface area contributed by atoms with Crippen LogP contribution in [0.4, 0.5) is 0 Å². The van der Waals surface area contributed by atoms with Gasteiger partial charge in [-0.15, -0.1) is 0 Å². The lowest BCUT2D eigenvalue weighted by molar-refractivity contribution is 0.111. The Morgan fingerprint density at radius 1 is 1.22 bits per heavy atom. The van der Waals surface area contributed by atoms with Gasteiger partial charge in [-0.1, -0.05) is 46.8 Å². The first kappa shape index (κ1) is 17.7. The Kier molecular flexibility index (Phi) is 8.60. The van der Waals surface area contributed by atoms with Crippen LogP contribution in [0, 0.1) is 17.3 Å². The van der Waals surface area contributed by atoms with Crippen LogP contribution in [0.1, 0.15) is 73.1 Å². The van der Waals surface area contributed by atoms with Crippen LogP contribution in [0.2, 0.25) is 0 Å². The van der Waals surface area contributed by atoms with E-state index in [4.69, 9.17) is 5.11 Å². The highest BCUT2D eigenvalue weighted by Crippen LogP contribution is 2.57. The van der Waals surface area contributed by atoms with Gasteiger partial charge >= 0.3 is 0 Å². The van der Waals surface area contributed by atoms with Gasteiger partial charge in [-0.05, 0) is 55.8 Å². The predicted octanol–water partition coefficient (Wildman–Crippen LogP) is 5.19. The molecule has 0 aromatic carbocycles. The van der Waals surface area contributed by atoms with E-state index in [9.17, 15) is 0 Å². The first-order valence-electron chi connectivity index (χ1n) is 7.97. The molecule has 0 heterocycles. The number of fused-ring (bicyclic) bond motifs is 1. The average Bonchev–Trinajstić information content (AvgIpc) is 2.74. The van der Waals surface area contributed by atoms with Crippen LogP contribution in [-0.2, 0) is 0 Å². The molecular formula is C17H34O. The largest absolute Gasteiger partial charge is 0.396 e. The third-order valence-corrected chi connectivity index (χ3v) is 4.72. The highest BCUT2D eigenvalue weighted by molar-refractivity contribution is 5.14. The molecule has 18 heavy (non-hydrogen) atoms. The minimum atomic E-state index is 0.361. The molecule has 1 heteroatoms. The number of hydrogen-bond acceptors (Lipinski definition) is 1. The molecule has 0 radical (unpaired) electrons. The first-order valence-corrected chi connectivity index (χ1v) is 7.97. The number of aliphatic hydroxyl groups excluding tert-OH is 1. The molecule has 0 spiro atoms. The molecule has 0 amide bonds.